The van der Waals surface area contributed by atoms with Crippen LogP contribution in [0.1, 0.15) is 44.6 Å². The molecule has 1 heterocycles. The molecule has 1 aliphatic rings. The van der Waals surface area contributed by atoms with Gasteiger partial charge in [-0.25, -0.2) is 4.79 Å². The normalized spacial score (nSPS) is 16.1. The zero-order chi connectivity index (χ0) is 27.6. The first-order chi connectivity index (χ1) is 17.5. The molecule has 1 aromatic rings. The molecule has 0 bridgehead atoms. The van der Waals surface area contributed by atoms with Crippen LogP contribution in [-0.4, -0.2) is 82.5 Å². The van der Waals surface area contributed by atoms with E-state index in [0.29, 0.717) is 24.9 Å². The van der Waals surface area contributed by atoms with E-state index in [2.05, 4.69) is 15.6 Å². The van der Waals surface area contributed by atoms with Crippen LogP contribution in [0.25, 0.3) is 0 Å². The smallest absolute Gasteiger partial charge is 0.326 e. The Labute approximate surface area is 214 Å². The summed E-state index contributed by atoms with van der Waals surface area (Å²) in [5.41, 5.74) is 10.1. The molecule has 0 saturated carbocycles. The maximum absolute atomic E-state index is 13.4. The Morgan fingerprint density at radius 1 is 1.03 bits per heavy atom. The molecule has 0 aliphatic carbocycles. The highest BCUT2D eigenvalue weighted by molar-refractivity contribution is 5.93. The van der Waals surface area contributed by atoms with Crippen LogP contribution >= 0.6 is 0 Å². The summed E-state index contributed by atoms with van der Waals surface area (Å²) in [6, 6.07) is 6.37. The lowest BCUT2D eigenvalue weighted by Crippen LogP contribution is -2.58. The number of hydrogen-bond donors (Lipinski definition) is 6. The lowest BCUT2D eigenvalue weighted by Gasteiger charge is -2.42. The van der Waals surface area contributed by atoms with Crippen molar-refractivity contribution in [2.75, 3.05) is 19.6 Å². The number of benzene rings is 1. The van der Waals surface area contributed by atoms with Gasteiger partial charge in [-0.3, -0.25) is 24.2 Å². The van der Waals surface area contributed by atoms with Gasteiger partial charge in [0.05, 0.1) is 11.8 Å². The summed E-state index contributed by atoms with van der Waals surface area (Å²) < 4.78 is 0. The number of likely N-dealkylation sites (tertiary alicyclic amines) is 1. The van der Waals surface area contributed by atoms with Crippen molar-refractivity contribution in [3.8, 4) is 0 Å². The number of hydrogen-bond acceptors (Lipinski definition) is 6. The van der Waals surface area contributed by atoms with Gasteiger partial charge in [0.15, 0.2) is 5.96 Å². The van der Waals surface area contributed by atoms with Crippen LogP contribution in [0.3, 0.4) is 0 Å². The minimum Gasteiger partial charge on any atom is -0.481 e. The Morgan fingerprint density at radius 3 is 2.16 bits per heavy atom. The number of nitrogens with two attached hydrogens (primary N) is 2. The van der Waals surface area contributed by atoms with Crippen molar-refractivity contribution in [2.45, 2.75) is 56.5 Å². The fourth-order valence-electron chi connectivity index (χ4n) is 4.41. The monoisotopic (exact) mass is 518 g/mol. The molecule has 1 saturated heterocycles. The van der Waals surface area contributed by atoms with Gasteiger partial charge in [0.25, 0.3) is 0 Å². The van der Waals surface area contributed by atoms with Gasteiger partial charge in [0, 0.05) is 26.6 Å². The Balaban J connectivity index is 2.21. The standard InChI is InChI=1S/C24H34N6O7/c1-15(31)28-17(8-5-11-27-23(25)26)20(34)30-12-9-24(10-13-30,16-6-3-2-4-7-16)22(37)29-18(21(35)36)14-19(32)33/h2-4,6-7,17-18H,5,8-14H2,1H3,(H,28,31)(H,29,37)(H,32,33)(H,35,36)(H4,25,26,27)/t17-,18-/m0/s1. The Morgan fingerprint density at radius 2 is 1.65 bits per heavy atom. The molecule has 37 heavy (non-hydrogen) atoms. The predicted molar refractivity (Wildman–Crippen MR) is 133 cm³/mol. The van der Waals surface area contributed by atoms with Crippen LogP contribution in [0.2, 0.25) is 0 Å². The maximum Gasteiger partial charge on any atom is 0.326 e. The first-order valence-corrected chi connectivity index (χ1v) is 11.9. The number of piperidine rings is 1. The summed E-state index contributed by atoms with van der Waals surface area (Å²) >= 11 is 0. The number of nitrogens with one attached hydrogen (secondary N) is 2. The van der Waals surface area contributed by atoms with E-state index in [0.717, 1.165) is 0 Å². The zero-order valence-electron chi connectivity index (χ0n) is 20.7. The average Bonchev–Trinajstić information content (AvgIpc) is 2.84. The number of rotatable bonds is 12. The summed E-state index contributed by atoms with van der Waals surface area (Å²) in [4.78, 5) is 66.5. The SMILES string of the molecule is CC(=O)N[C@@H](CCCN=C(N)N)C(=O)N1CCC(C(=O)N[C@@H](CC(=O)O)C(=O)O)(c2ccccc2)CC1. The number of nitrogens with zero attached hydrogens (tertiary/aromatic N) is 2. The zero-order valence-corrected chi connectivity index (χ0v) is 20.7. The second-order valence-corrected chi connectivity index (χ2v) is 8.94. The van der Waals surface area contributed by atoms with E-state index in [1.54, 1.807) is 35.2 Å². The number of carbonyl (C=O) groups excluding carboxylic acids is 3. The molecular formula is C24H34N6O7. The van der Waals surface area contributed by atoms with Crippen LogP contribution in [-0.2, 0) is 29.4 Å². The van der Waals surface area contributed by atoms with Crippen molar-refractivity contribution in [3.05, 3.63) is 35.9 Å². The van der Waals surface area contributed by atoms with Crippen molar-refractivity contribution >= 4 is 35.6 Å². The van der Waals surface area contributed by atoms with E-state index in [4.69, 9.17) is 16.6 Å². The van der Waals surface area contributed by atoms with E-state index < -0.39 is 41.8 Å². The number of aliphatic imine (C=N–C) groups is 1. The molecule has 13 heteroatoms. The van der Waals surface area contributed by atoms with Crippen LogP contribution in [0, 0.1) is 0 Å². The Bertz CT molecular complexity index is 1020. The van der Waals surface area contributed by atoms with Gasteiger partial charge in [-0.05, 0) is 31.2 Å². The summed E-state index contributed by atoms with van der Waals surface area (Å²) in [6.07, 6.45) is 0.350. The van der Waals surface area contributed by atoms with E-state index in [-0.39, 0.29) is 43.7 Å². The van der Waals surface area contributed by atoms with Gasteiger partial charge >= 0.3 is 11.9 Å². The predicted octanol–water partition coefficient (Wildman–Crippen LogP) is -0.851. The summed E-state index contributed by atoms with van der Waals surface area (Å²) in [5, 5.41) is 23.5. The summed E-state index contributed by atoms with van der Waals surface area (Å²) in [7, 11) is 0. The fourth-order valence-corrected chi connectivity index (χ4v) is 4.41. The topological polar surface area (TPSA) is 218 Å². The number of amides is 3. The van der Waals surface area contributed by atoms with Crippen molar-refractivity contribution in [1.29, 1.82) is 0 Å². The van der Waals surface area contributed by atoms with Crippen LogP contribution in [0.5, 0.6) is 0 Å². The minimum atomic E-state index is -1.60. The molecule has 2 rings (SSSR count). The van der Waals surface area contributed by atoms with E-state index in [1.807, 2.05) is 0 Å². The molecule has 0 unspecified atom stereocenters. The molecule has 1 aromatic carbocycles. The number of carboxylic acid groups (broad SMARTS) is 2. The van der Waals surface area contributed by atoms with Crippen LogP contribution < -0.4 is 22.1 Å². The molecule has 0 aromatic heterocycles. The van der Waals surface area contributed by atoms with Crippen molar-refractivity contribution in [3.63, 3.8) is 0 Å². The quantitative estimate of drug-likeness (QED) is 0.115. The second-order valence-electron chi connectivity index (χ2n) is 8.94. The Kier molecular flexibility index (Phi) is 10.4. The van der Waals surface area contributed by atoms with Crippen molar-refractivity contribution in [2.24, 2.45) is 16.5 Å². The third-order valence-corrected chi connectivity index (χ3v) is 6.29. The minimum absolute atomic E-state index is 0.0672. The third kappa shape index (κ3) is 8.19. The van der Waals surface area contributed by atoms with Gasteiger partial charge in [0.2, 0.25) is 17.7 Å². The lowest BCUT2D eigenvalue weighted by molar-refractivity contribution is -0.148. The van der Waals surface area contributed by atoms with Gasteiger partial charge < -0.3 is 37.2 Å². The van der Waals surface area contributed by atoms with E-state index in [1.165, 1.54) is 6.92 Å². The molecule has 3 amide bonds. The van der Waals surface area contributed by atoms with Gasteiger partial charge in [-0.15, -0.1) is 0 Å². The van der Waals surface area contributed by atoms with Crippen LogP contribution in [0.15, 0.2) is 35.3 Å². The molecule has 0 spiro atoms. The highest BCUT2D eigenvalue weighted by atomic mass is 16.4. The molecule has 1 aliphatic heterocycles. The molecule has 8 N–H and O–H groups in total. The maximum atomic E-state index is 13.4. The van der Waals surface area contributed by atoms with Crippen molar-refractivity contribution in [1.82, 2.24) is 15.5 Å². The first kappa shape index (κ1) is 29.1. The molecular weight excluding hydrogens is 484 g/mol. The second kappa shape index (κ2) is 13.2. The fraction of sp³-hybridized carbons (Fsp3) is 0.500. The first-order valence-electron chi connectivity index (χ1n) is 11.9. The largest absolute Gasteiger partial charge is 0.481 e. The number of carboxylic acids is 2. The van der Waals surface area contributed by atoms with Gasteiger partial charge in [0.1, 0.15) is 12.1 Å². The lowest BCUT2D eigenvalue weighted by atomic mass is 9.71. The Hall–Kier alpha value is -4.16. The molecule has 1 fully saturated rings. The molecule has 13 nitrogen and oxygen atoms in total. The summed E-state index contributed by atoms with van der Waals surface area (Å²) in [5.74, 6) is -4.17. The molecule has 0 radical (unpaired) electrons. The molecule has 202 valence electrons. The third-order valence-electron chi connectivity index (χ3n) is 6.29. The number of carbonyl (C=O) groups is 5. The van der Waals surface area contributed by atoms with Crippen molar-refractivity contribution < 1.29 is 34.2 Å². The number of guanidine groups is 1. The highest BCUT2D eigenvalue weighted by Crippen LogP contribution is 2.36. The number of aliphatic carboxylic acids is 2. The van der Waals surface area contributed by atoms with E-state index >= 15 is 0 Å². The molecule has 2 atom stereocenters. The highest BCUT2D eigenvalue weighted by Gasteiger charge is 2.45. The van der Waals surface area contributed by atoms with E-state index in [9.17, 15) is 29.1 Å². The summed E-state index contributed by atoms with van der Waals surface area (Å²) in [6.45, 7) is 1.95. The average molecular weight is 519 g/mol. The van der Waals surface area contributed by atoms with Crippen LogP contribution in [0.4, 0.5) is 0 Å². The van der Waals surface area contributed by atoms with Gasteiger partial charge in [-0.1, -0.05) is 30.3 Å². The van der Waals surface area contributed by atoms with Gasteiger partial charge in [-0.2, -0.15) is 0 Å².